The van der Waals surface area contributed by atoms with Gasteiger partial charge in [0.1, 0.15) is 24.0 Å². The second-order valence-corrected chi connectivity index (χ2v) is 12.1. The smallest absolute Gasteiger partial charge is 0.459 e. The number of aromatic amines is 1. The number of esters is 1. The number of nitrogens with one attached hydrogen (secondary N) is 2. The van der Waals surface area contributed by atoms with Gasteiger partial charge in [0.05, 0.1) is 12.9 Å². The average molecular weight is 636 g/mol. The van der Waals surface area contributed by atoms with E-state index in [1.54, 1.807) is 18.2 Å². The number of azide groups is 1. The van der Waals surface area contributed by atoms with Gasteiger partial charge in [0, 0.05) is 4.91 Å². The number of ether oxygens (including phenoxy) is 2. The number of aliphatic hydroxyl groups is 1. The normalized spacial score (nSPS) is 26.0. The first-order valence-electron chi connectivity index (χ1n) is 13.8. The van der Waals surface area contributed by atoms with Crippen molar-refractivity contribution in [3.63, 3.8) is 0 Å². The molecule has 44 heavy (non-hydrogen) atoms. The highest BCUT2D eigenvalue weighted by Crippen LogP contribution is 2.49. The van der Waals surface area contributed by atoms with Crippen LogP contribution in [-0.4, -0.2) is 67.3 Å². The molecule has 1 unspecified atom stereocenters. The van der Waals surface area contributed by atoms with Crippen molar-refractivity contribution < 1.29 is 37.4 Å². The van der Waals surface area contributed by atoms with Gasteiger partial charge < -0.3 is 24.8 Å². The average Bonchev–Trinajstić information content (AvgIpc) is 3.52. The molecule has 5 rings (SSSR count). The predicted molar refractivity (Wildman–Crippen MR) is 152 cm³/mol. The summed E-state index contributed by atoms with van der Waals surface area (Å²) in [6.45, 7) is 0.400. The lowest BCUT2D eigenvalue weighted by atomic mass is 9.98. The number of aromatic nitrogens is 4. The molecule has 236 valence electrons. The minimum Gasteiger partial charge on any atom is -0.461 e. The van der Waals surface area contributed by atoms with Crippen molar-refractivity contribution in [3.8, 4) is 5.75 Å². The number of carbonyl (C=O) groups excluding carboxylic acids is 1. The zero-order valence-electron chi connectivity index (χ0n) is 23.5. The number of rotatable bonds is 11. The maximum atomic E-state index is 15.6. The van der Waals surface area contributed by atoms with Gasteiger partial charge in [-0.2, -0.15) is 10.1 Å². The van der Waals surface area contributed by atoms with Crippen molar-refractivity contribution in [1.29, 1.82) is 0 Å². The van der Waals surface area contributed by atoms with Crippen LogP contribution in [0.2, 0.25) is 0 Å². The molecule has 2 aliphatic rings. The molecule has 1 aromatic carbocycles. The van der Waals surface area contributed by atoms with Crippen LogP contribution in [0, 0.1) is 0 Å². The molecule has 1 saturated carbocycles. The van der Waals surface area contributed by atoms with E-state index in [9.17, 15) is 24.8 Å². The zero-order chi connectivity index (χ0) is 31.5. The number of imidazole rings is 1. The molecule has 0 radical (unpaired) electrons. The number of hydrogen-bond acceptors (Lipinski definition) is 12. The monoisotopic (exact) mass is 635 g/mol. The molecule has 6 atom stereocenters. The lowest BCUT2D eigenvalue weighted by molar-refractivity contribution is -0.152. The van der Waals surface area contributed by atoms with Crippen LogP contribution in [0.25, 0.3) is 21.6 Å². The largest absolute Gasteiger partial charge is 0.461 e. The van der Waals surface area contributed by atoms with Gasteiger partial charge >= 0.3 is 13.7 Å². The molecule has 17 nitrogen and oxygen atoms in total. The Morgan fingerprint density at radius 2 is 2.11 bits per heavy atom. The molecule has 0 bridgehead atoms. The molecular formula is C25H31FN9O8P. The summed E-state index contributed by atoms with van der Waals surface area (Å²) in [6, 6.07) is 6.66. The third-order valence-corrected chi connectivity index (χ3v) is 8.87. The molecular weight excluding hydrogens is 604 g/mol. The number of H-pyrrole nitrogens is 1. The Kier molecular flexibility index (Phi) is 9.20. The molecule has 2 aromatic heterocycles. The predicted octanol–water partition coefficient (Wildman–Crippen LogP) is 2.99. The summed E-state index contributed by atoms with van der Waals surface area (Å²) in [4.78, 5) is 37.8. The molecule has 19 heteroatoms. The Labute approximate surface area is 249 Å². The van der Waals surface area contributed by atoms with Crippen LogP contribution >= 0.6 is 7.75 Å². The van der Waals surface area contributed by atoms with E-state index in [1.807, 2.05) is 0 Å². The Hall–Kier alpha value is -4.05. The standard InChI is InChI=1S/C25H31FN9O8P/c1-14(23(38)41-15-8-4-2-5-9-15)32-44(39,43-16-10-6-3-7-11-16)40-12-25(33-34-28)19(36)17(26)22(42-25)35-13-29-18-20(35)30-24(27)31-21(18)37/h3,6-7,10-11,13-15,17,19,22,36H,2,4-5,8-9,12H2,1H3,(H,32,39)(H3,27,30,31,37)/t14-,17+,19-,22+,25+,44?/m0/s1. The van der Waals surface area contributed by atoms with E-state index >= 15 is 4.39 Å². The molecule has 1 saturated heterocycles. The number of fused-ring (bicyclic) bond motifs is 1. The number of benzene rings is 1. The van der Waals surface area contributed by atoms with E-state index in [2.05, 4.69) is 30.1 Å². The van der Waals surface area contributed by atoms with Crippen LogP contribution < -0.4 is 20.9 Å². The zero-order valence-corrected chi connectivity index (χ0v) is 24.4. The Balaban J connectivity index is 1.39. The highest BCUT2D eigenvalue weighted by Gasteiger charge is 2.57. The van der Waals surface area contributed by atoms with Gasteiger partial charge in [-0.25, -0.2) is 13.9 Å². The fourth-order valence-electron chi connectivity index (χ4n) is 5.02. The lowest BCUT2D eigenvalue weighted by Crippen LogP contribution is -2.45. The lowest BCUT2D eigenvalue weighted by Gasteiger charge is -2.30. The minimum absolute atomic E-state index is 0.0851. The van der Waals surface area contributed by atoms with Crippen molar-refractivity contribution in [2.45, 2.75) is 75.4 Å². The van der Waals surface area contributed by atoms with Gasteiger partial charge in [-0.1, -0.05) is 29.7 Å². The second kappa shape index (κ2) is 12.9. The Morgan fingerprint density at radius 1 is 1.39 bits per heavy atom. The number of aliphatic hydroxyl groups excluding tert-OH is 1. The van der Waals surface area contributed by atoms with Crippen LogP contribution in [0.3, 0.4) is 0 Å². The number of hydrogen-bond donors (Lipinski definition) is 4. The van der Waals surface area contributed by atoms with Gasteiger partial charge in [-0.05, 0) is 50.3 Å². The van der Waals surface area contributed by atoms with Crippen LogP contribution in [0.1, 0.15) is 45.3 Å². The molecule has 0 amide bonds. The van der Waals surface area contributed by atoms with Crippen molar-refractivity contribution in [2.75, 3.05) is 12.3 Å². The molecule has 1 aliphatic heterocycles. The summed E-state index contributed by atoms with van der Waals surface area (Å²) < 4.78 is 53.1. The summed E-state index contributed by atoms with van der Waals surface area (Å²) in [5.74, 6) is -0.900. The van der Waals surface area contributed by atoms with E-state index in [0.717, 1.165) is 30.2 Å². The van der Waals surface area contributed by atoms with Gasteiger partial charge in [0.25, 0.3) is 5.56 Å². The Bertz CT molecular complexity index is 1650. The maximum Gasteiger partial charge on any atom is 0.459 e. The summed E-state index contributed by atoms with van der Waals surface area (Å²) in [6.07, 6.45) is -1.09. The number of nitrogen functional groups attached to an aromatic ring is 1. The van der Waals surface area contributed by atoms with Crippen LogP contribution in [-0.2, 0) is 23.4 Å². The van der Waals surface area contributed by atoms with Crippen molar-refractivity contribution in [1.82, 2.24) is 24.6 Å². The van der Waals surface area contributed by atoms with Crippen molar-refractivity contribution in [3.05, 3.63) is 57.5 Å². The topological polar surface area (TPSA) is 242 Å². The maximum absolute atomic E-state index is 15.6. The third kappa shape index (κ3) is 6.55. The summed E-state index contributed by atoms with van der Waals surface area (Å²) in [7, 11) is -4.54. The van der Waals surface area contributed by atoms with Crippen LogP contribution in [0.4, 0.5) is 10.3 Å². The van der Waals surface area contributed by atoms with Crippen molar-refractivity contribution in [2.24, 2.45) is 5.11 Å². The number of nitrogens with zero attached hydrogens (tertiary/aromatic N) is 6. The van der Waals surface area contributed by atoms with Gasteiger partial charge in [0.2, 0.25) is 11.7 Å². The number of halogens is 1. The highest BCUT2D eigenvalue weighted by atomic mass is 31.2. The SMILES string of the molecule is C[C@H](NP(=O)(OC[C@@]1(N=[N+]=[N-])O[C@@H](n2cnc3c(=O)[nH]c(N)nc32)[C@H](F)[C@@H]1O)Oc1ccccc1)C(=O)OC1CCCCC1. The number of para-hydroxylation sites is 1. The summed E-state index contributed by atoms with van der Waals surface area (Å²) in [5.41, 5.74) is 11.4. The quantitative estimate of drug-likeness (QED) is 0.0781. The molecule has 3 aromatic rings. The second-order valence-electron chi connectivity index (χ2n) is 10.4. The van der Waals surface area contributed by atoms with Crippen LogP contribution in [0.5, 0.6) is 5.75 Å². The van der Waals surface area contributed by atoms with Crippen molar-refractivity contribution >= 4 is 30.8 Å². The number of nitrogens with two attached hydrogens (primary N) is 1. The van der Waals surface area contributed by atoms with E-state index in [1.165, 1.54) is 19.1 Å². The number of alkyl halides is 1. The van der Waals surface area contributed by atoms with E-state index in [0.29, 0.717) is 12.8 Å². The number of carbonyl (C=O) groups is 1. The number of anilines is 1. The van der Waals surface area contributed by atoms with Gasteiger partial charge in [0.15, 0.2) is 23.6 Å². The summed E-state index contributed by atoms with van der Waals surface area (Å²) >= 11 is 0. The minimum atomic E-state index is -4.54. The molecule has 2 fully saturated rings. The van der Waals surface area contributed by atoms with Crippen LogP contribution in [0.15, 0.2) is 46.6 Å². The molecule has 5 N–H and O–H groups in total. The van der Waals surface area contributed by atoms with E-state index in [4.69, 9.17) is 24.3 Å². The summed E-state index contributed by atoms with van der Waals surface area (Å²) in [5, 5.41) is 16.9. The van der Waals surface area contributed by atoms with Gasteiger partial charge in [-0.3, -0.25) is 23.7 Å². The van der Waals surface area contributed by atoms with E-state index in [-0.39, 0.29) is 29.0 Å². The van der Waals surface area contributed by atoms with Gasteiger partial charge in [-0.15, -0.1) is 0 Å². The third-order valence-electron chi connectivity index (χ3n) is 7.25. The highest BCUT2D eigenvalue weighted by molar-refractivity contribution is 7.52. The first kappa shape index (κ1) is 31.4. The first-order valence-corrected chi connectivity index (χ1v) is 15.3. The fourth-order valence-corrected chi connectivity index (χ4v) is 6.54. The Morgan fingerprint density at radius 3 is 2.82 bits per heavy atom. The molecule has 1 aliphatic carbocycles. The molecule has 0 spiro atoms. The van der Waals surface area contributed by atoms with E-state index < -0.39 is 56.2 Å². The first-order chi connectivity index (χ1) is 21.0. The fraction of sp³-hybridized carbons (Fsp3) is 0.520. The molecule has 3 heterocycles.